The summed E-state index contributed by atoms with van der Waals surface area (Å²) in [5.41, 5.74) is 8.28. The van der Waals surface area contributed by atoms with Gasteiger partial charge in [-0.2, -0.15) is 0 Å². The van der Waals surface area contributed by atoms with Gasteiger partial charge in [-0.25, -0.2) is 0 Å². The topological polar surface area (TPSA) is 37.3 Å². The van der Waals surface area contributed by atoms with Crippen molar-refractivity contribution >= 4 is 33.9 Å². The molecule has 32 heavy (non-hydrogen) atoms. The van der Waals surface area contributed by atoms with E-state index in [-0.39, 0.29) is 5.78 Å². The van der Waals surface area contributed by atoms with Crippen molar-refractivity contribution in [3.8, 4) is 0 Å². The summed E-state index contributed by atoms with van der Waals surface area (Å²) >= 11 is 6.30. The summed E-state index contributed by atoms with van der Waals surface area (Å²) in [6, 6.07) is 13.2. The van der Waals surface area contributed by atoms with Crippen LogP contribution in [-0.2, 0) is 0 Å². The van der Waals surface area contributed by atoms with E-state index in [0.29, 0.717) is 16.1 Å². The van der Waals surface area contributed by atoms with E-state index in [9.17, 15) is 4.79 Å². The predicted octanol–water partition coefficient (Wildman–Crippen LogP) is 6.37. The van der Waals surface area contributed by atoms with Gasteiger partial charge in [0.1, 0.15) is 0 Å². The van der Waals surface area contributed by atoms with Crippen LogP contribution in [-0.4, -0.2) is 41.5 Å². The van der Waals surface area contributed by atoms with Gasteiger partial charge in [-0.05, 0) is 62.2 Å². The minimum absolute atomic E-state index is 0.0422. The molecule has 2 heterocycles. The van der Waals surface area contributed by atoms with E-state index in [4.69, 9.17) is 11.6 Å². The highest BCUT2D eigenvalue weighted by Crippen LogP contribution is 2.32. The van der Waals surface area contributed by atoms with E-state index < -0.39 is 0 Å². The zero-order valence-corrected chi connectivity index (χ0v) is 19.8. The number of rotatable bonds is 9. The van der Waals surface area contributed by atoms with Gasteiger partial charge in [-0.15, -0.1) is 0 Å². The number of nitrogens with zero attached hydrogens (tertiary/aromatic N) is 2. The Hall–Kier alpha value is -2.56. The Balaban J connectivity index is 1.67. The lowest BCUT2D eigenvalue weighted by Gasteiger charge is -2.26. The van der Waals surface area contributed by atoms with Gasteiger partial charge < -0.3 is 5.43 Å². The second-order valence-corrected chi connectivity index (χ2v) is 8.86. The van der Waals surface area contributed by atoms with Crippen LogP contribution in [0.1, 0.15) is 61.0 Å². The lowest BCUT2D eigenvalue weighted by Crippen LogP contribution is -2.29. The molecular formula is C27H32ClN3O. The van der Waals surface area contributed by atoms with Crippen molar-refractivity contribution in [1.29, 1.82) is 0 Å². The zero-order chi connectivity index (χ0) is 22.5. The molecule has 1 aliphatic rings. The summed E-state index contributed by atoms with van der Waals surface area (Å²) in [4.78, 5) is 15.7. The molecule has 0 saturated carbocycles. The van der Waals surface area contributed by atoms with Gasteiger partial charge >= 0.3 is 0 Å². The van der Waals surface area contributed by atoms with E-state index >= 15 is 0 Å². The Kier molecular flexibility index (Phi) is 7.33. The van der Waals surface area contributed by atoms with Crippen LogP contribution < -0.4 is 5.43 Å². The molecule has 0 spiro atoms. The minimum Gasteiger partial charge on any atom is -0.326 e. The average molecular weight is 450 g/mol. The number of carbonyl (C=O) groups is 1. The van der Waals surface area contributed by atoms with Gasteiger partial charge in [-0.3, -0.25) is 14.4 Å². The number of hydrogen-bond acceptors (Lipinski definition) is 3. The molecule has 2 aromatic carbocycles. The molecule has 168 valence electrons. The molecule has 0 amide bonds. The SMILES string of the molecule is CCCCCN1CC=C(c2cn(NCC)c3ccc(C(=O)c4ccccc4Cl)cc23)CC1. The highest BCUT2D eigenvalue weighted by Gasteiger charge is 2.19. The maximum atomic E-state index is 13.2. The normalized spacial score (nSPS) is 14.5. The Labute approximate surface area is 195 Å². The molecule has 0 radical (unpaired) electrons. The molecule has 1 aliphatic heterocycles. The van der Waals surface area contributed by atoms with Gasteiger partial charge in [0.05, 0.1) is 10.5 Å². The number of nitrogens with one attached hydrogen (secondary N) is 1. The van der Waals surface area contributed by atoms with Crippen LogP contribution in [0.5, 0.6) is 0 Å². The minimum atomic E-state index is -0.0422. The Morgan fingerprint density at radius 3 is 2.69 bits per heavy atom. The van der Waals surface area contributed by atoms with Crippen LogP contribution in [0.15, 0.2) is 54.7 Å². The highest BCUT2D eigenvalue weighted by atomic mass is 35.5. The third-order valence-corrected chi connectivity index (χ3v) is 6.56. The van der Waals surface area contributed by atoms with Gasteiger partial charge in [0.2, 0.25) is 0 Å². The molecule has 0 atom stereocenters. The largest absolute Gasteiger partial charge is 0.326 e. The molecule has 0 unspecified atom stereocenters. The molecule has 4 rings (SSSR count). The number of ketones is 1. The second-order valence-electron chi connectivity index (χ2n) is 8.45. The summed E-state index contributed by atoms with van der Waals surface area (Å²) in [5, 5.41) is 1.59. The summed E-state index contributed by atoms with van der Waals surface area (Å²) in [6.07, 6.45) is 9.39. The van der Waals surface area contributed by atoms with E-state index in [1.807, 2.05) is 30.3 Å². The molecule has 0 saturated heterocycles. The van der Waals surface area contributed by atoms with Crippen molar-refractivity contribution in [2.24, 2.45) is 0 Å². The van der Waals surface area contributed by atoms with Crippen LogP contribution in [0, 0.1) is 0 Å². The fourth-order valence-corrected chi connectivity index (χ4v) is 4.70. The number of benzene rings is 2. The van der Waals surface area contributed by atoms with Gasteiger partial charge in [0, 0.05) is 47.9 Å². The smallest absolute Gasteiger partial charge is 0.194 e. The summed E-state index contributed by atoms with van der Waals surface area (Å²) in [7, 11) is 0. The Morgan fingerprint density at radius 2 is 1.97 bits per heavy atom. The maximum Gasteiger partial charge on any atom is 0.194 e. The summed E-state index contributed by atoms with van der Waals surface area (Å²) in [5.74, 6) is -0.0422. The number of hydrogen-bond donors (Lipinski definition) is 1. The van der Waals surface area contributed by atoms with Crippen molar-refractivity contribution in [1.82, 2.24) is 9.58 Å². The van der Waals surface area contributed by atoms with Crippen molar-refractivity contribution in [2.45, 2.75) is 39.5 Å². The Bertz CT molecular complexity index is 1130. The highest BCUT2D eigenvalue weighted by molar-refractivity contribution is 6.35. The van der Waals surface area contributed by atoms with Gasteiger partial charge in [0.25, 0.3) is 0 Å². The van der Waals surface area contributed by atoms with Crippen molar-refractivity contribution in [3.63, 3.8) is 0 Å². The second kappa shape index (κ2) is 10.4. The predicted molar refractivity (Wildman–Crippen MR) is 135 cm³/mol. The fourth-order valence-electron chi connectivity index (χ4n) is 4.47. The number of fused-ring (bicyclic) bond motifs is 1. The molecule has 0 aliphatic carbocycles. The number of aromatic nitrogens is 1. The first-order valence-corrected chi connectivity index (χ1v) is 12.1. The lowest BCUT2D eigenvalue weighted by atomic mass is 9.96. The van der Waals surface area contributed by atoms with E-state index in [2.05, 4.69) is 41.1 Å². The first-order chi connectivity index (χ1) is 15.6. The summed E-state index contributed by atoms with van der Waals surface area (Å²) < 4.78 is 2.09. The average Bonchev–Trinajstić information content (AvgIpc) is 3.17. The molecule has 0 bridgehead atoms. The molecule has 3 aromatic rings. The van der Waals surface area contributed by atoms with Crippen molar-refractivity contribution < 1.29 is 4.79 Å². The van der Waals surface area contributed by atoms with Crippen molar-refractivity contribution in [2.75, 3.05) is 31.6 Å². The van der Waals surface area contributed by atoms with E-state index in [0.717, 1.165) is 37.0 Å². The van der Waals surface area contributed by atoms with Gasteiger partial charge in [0.15, 0.2) is 5.78 Å². The number of carbonyl (C=O) groups excluding carboxylic acids is 1. The zero-order valence-electron chi connectivity index (χ0n) is 19.0. The summed E-state index contributed by atoms with van der Waals surface area (Å²) in [6.45, 7) is 8.42. The van der Waals surface area contributed by atoms with E-state index in [1.165, 1.54) is 36.9 Å². The van der Waals surface area contributed by atoms with Crippen LogP contribution in [0.25, 0.3) is 16.5 Å². The monoisotopic (exact) mass is 449 g/mol. The molecular weight excluding hydrogens is 418 g/mol. The quantitative estimate of drug-likeness (QED) is 0.304. The lowest BCUT2D eigenvalue weighted by molar-refractivity contribution is 0.103. The fraction of sp³-hybridized carbons (Fsp3) is 0.370. The molecule has 1 N–H and O–H groups in total. The van der Waals surface area contributed by atoms with Gasteiger partial charge in [-0.1, -0.05) is 49.6 Å². The van der Waals surface area contributed by atoms with E-state index in [1.54, 1.807) is 12.1 Å². The standard InChI is InChI=1S/C27H32ClN3O/c1-3-5-8-15-30-16-13-20(14-17-30)24-19-31(29-4-2)26-12-11-21(18-23(24)26)27(32)22-9-6-7-10-25(22)28/h6-7,9-13,18-19,29H,3-5,8,14-17H2,1-2H3. The number of unbranched alkanes of at least 4 members (excludes halogenated alkanes) is 2. The van der Waals surface area contributed by atoms with Crippen LogP contribution in [0.3, 0.4) is 0 Å². The van der Waals surface area contributed by atoms with Crippen LogP contribution in [0.2, 0.25) is 5.02 Å². The third kappa shape index (κ3) is 4.77. The molecule has 0 fully saturated rings. The molecule has 1 aromatic heterocycles. The molecule has 5 heteroatoms. The Morgan fingerprint density at radius 1 is 1.12 bits per heavy atom. The first-order valence-electron chi connectivity index (χ1n) is 11.7. The van der Waals surface area contributed by atoms with Crippen molar-refractivity contribution in [3.05, 3.63) is 76.5 Å². The van der Waals surface area contributed by atoms with Crippen LogP contribution in [0.4, 0.5) is 0 Å². The van der Waals surface area contributed by atoms with Crippen LogP contribution >= 0.6 is 11.6 Å². The first kappa shape index (κ1) is 22.6. The molecule has 4 nitrogen and oxygen atoms in total. The maximum absolute atomic E-state index is 13.2. The number of halogens is 1. The third-order valence-electron chi connectivity index (χ3n) is 6.23.